The zero-order chi connectivity index (χ0) is 14.7. The van der Waals surface area contributed by atoms with Gasteiger partial charge in [0.15, 0.2) is 0 Å². The molecule has 2 aromatic heterocycles. The fourth-order valence-corrected chi connectivity index (χ4v) is 2.12. The van der Waals surface area contributed by atoms with Gasteiger partial charge >= 0.3 is 0 Å². The summed E-state index contributed by atoms with van der Waals surface area (Å²) >= 11 is 5.80. The molecule has 21 heavy (non-hydrogen) atoms. The number of hydrogen-bond acceptors (Lipinski definition) is 3. The first kappa shape index (κ1) is 13.3. The van der Waals surface area contributed by atoms with Crippen molar-refractivity contribution >= 4 is 23.2 Å². The fourth-order valence-electron chi connectivity index (χ4n) is 1.94. The van der Waals surface area contributed by atoms with E-state index < -0.39 is 0 Å². The van der Waals surface area contributed by atoms with Crippen molar-refractivity contribution in [2.24, 2.45) is 0 Å². The van der Waals surface area contributed by atoms with E-state index in [0.717, 1.165) is 5.69 Å². The molecule has 3 aromatic rings. The van der Waals surface area contributed by atoms with E-state index in [4.69, 9.17) is 11.6 Å². The van der Waals surface area contributed by atoms with E-state index in [-0.39, 0.29) is 11.1 Å². The van der Waals surface area contributed by atoms with Crippen molar-refractivity contribution in [1.29, 1.82) is 0 Å². The maximum Gasteiger partial charge on any atom is 0.255 e. The minimum Gasteiger partial charge on any atom is -0.320 e. The summed E-state index contributed by atoms with van der Waals surface area (Å²) in [6, 6.07) is 10.6. The van der Waals surface area contributed by atoms with Gasteiger partial charge in [-0.2, -0.15) is 0 Å². The zero-order valence-corrected chi connectivity index (χ0v) is 11.7. The smallest absolute Gasteiger partial charge is 0.255 e. The maximum absolute atomic E-state index is 12.3. The Balaban J connectivity index is 1.90. The fraction of sp³-hybridized carbons (Fsp3) is 0. The summed E-state index contributed by atoms with van der Waals surface area (Å²) in [5, 5.41) is 3.15. The largest absolute Gasteiger partial charge is 0.320 e. The molecule has 0 bridgehead atoms. The predicted octanol–water partition coefficient (Wildman–Crippen LogP) is 3.17. The molecule has 3 rings (SSSR count). The maximum atomic E-state index is 12.3. The number of anilines is 1. The van der Waals surface area contributed by atoms with Crippen LogP contribution in [-0.4, -0.2) is 20.4 Å². The number of amides is 1. The lowest BCUT2D eigenvalue weighted by Gasteiger charge is -2.11. The molecule has 0 atom stereocenters. The van der Waals surface area contributed by atoms with E-state index in [1.165, 1.54) is 12.3 Å². The van der Waals surface area contributed by atoms with Crippen LogP contribution in [0, 0.1) is 0 Å². The Labute approximate surface area is 126 Å². The lowest BCUT2D eigenvalue weighted by molar-refractivity contribution is 0.102. The number of imidazole rings is 1. The molecule has 1 amide bonds. The highest BCUT2D eigenvalue weighted by atomic mass is 35.5. The molecule has 1 aromatic carbocycles. The van der Waals surface area contributed by atoms with Crippen LogP contribution in [0.2, 0.25) is 5.15 Å². The number of para-hydroxylation sites is 2. The highest BCUT2D eigenvalue weighted by Crippen LogP contribution is 2.20. The molecule has 1 N–H and O–H groups in total. The second kappa shape index (κ2) is 5.76. The van der Waals surface area contributed by atoms with Crippen LogP contribution in [0.25, 0.3) is 5.69 Å². The Morgan fingerprint density at radius 1 is 1.19 bits per heavy atom. The van der Waals surface area contributed by atoms with Crippen LogP contribution in [0.3, 0.4) is 0 Å². The van der Waals surface area contributed by atoms with E-state index in [1.807, 2.05) is 35.0 Å². The normalized spacial score (nSPS) is 10.3. The molecule has 0 fully saturated rings. The van der Waals surface area contributed by atoms with Crippen LogP contribution in [0.1, 0.15) is 10.4 Å². The first-order valence-electron chi connectivity index (χ1n) is 6.24. The van der Waals surface area contributed by atoms with Crippen LogP contribution < -0.4 is 5.32 Å². The van der Waals surface area contributed by atoms with Crippen LogP contribution in [-0.2, 0) is 0 Å². The van der Waals surface area contributed by atoms with Gasteiger partial charge in [-0.05, 0) is 24.3 Å². The first-order chi connectivity index (χ1) is 10.2. The Morgan fingerprint density at radius 3 is 2.81 bits per heavy atom. The molecule has 0 aliphatic carbocycles. The molecule has 0 saturated carbocycles. The van der Waals surface area contributed by atoms with E-state index in [1.54, 1.807) is 18.6 Å². The second-order valence-electron chi connectivity index (χ2n) is 4.31. The SMILES string of the molecule is O=C(Nc1ccccc1-n1ccnc1)c1ccnc(Cl)c1. The number of nitrogens with zero attached hydrogens (tertiary/aromatic N) is 3. The molecule has 2 heterocycles. The van der Waals surface area contributed by atoms with Gasteiger partial charge in [-0.1, -0.05) is 23.7 Å². The molecular weight excluding hydrogens is 288 g/mol. The van der Waals surface area contributed by atoms with Crippen molar-refractivity contribution in [2.75, 3.05) is 5.32 Å². The molecule has 0 unspecified atom stereocenters. The van der Waals surface area contributed by atoms with E-state index >= 15 is 0 Å². The quantitative estimate of drug-likeness (QED) is 0.756. The molecule has 0 radical (unpaired) electrons. The average Bonchev–Trinajstić information content (AvgIpc) is 3.02. The Hall–Kier alpha value is -2.66. The number of halogens is 1. The number of rotatable bonds is 3. The number of aromatic nitrogens is 3. The second-order valence-corrected chi connectivity index (χ2v) is 4.70. The molecule has 104 valence electrons. The van der Waals surface area contributed by atoms with Gasteiger partial charge in [-0.15, -0.1) is 0 Å². The summed E-state index contributed by atoms with van der Waals surface area (Å²) in [5.41, 5.74) is 1.98. The van der Waals surface area contributed by atoms with Crippen molar-refractivity contribution < 1.29 is 4.79 Å². The number of carbonyl (C=O) groups excluding carboxylic acids is 1. The summed E-state index contributed by atoms with van der Waals surface area (Å²) < 4.78 is 1.83. The Bertz CT molecular complexity index is 771. The molecule has 6 heteroatoms. The number of hydrogen-bond donors (Lipinski definition) is 1. The van der Waals surface area contributed by atoms with Crippen LogP contribution >= 0.6 is 11.6 Å². The molecule has 0 spiro atoms. The number of carbonyl (C=O) groups is 1. The summed E-state index contributed by atoms with van der Waals surface area (Å²) in [7, 11) is 0. The van der Waals surface area contributed by atoms with Gasteiger partial charge in [0.25, 0.3) is 5.91 Å². The Morgan fingerprint density at radius 2 is 2.05 bits per heavy atom. The zero-order valence-electron chi connectivity index (χ0n) is 10.9. The number of nitrogens with one attached hydrogen (secondary N) is 1. The summed E-state index contributed by atoms with van der Waals surface area (Å²) in [6.07, 6.45) is 6.67. The third-order valence-corrected chi connectivity index (χ3v) is 3.13. The lowest BCUT2D eigenvalue weighted by Crippen LogP contribution is -2.13. The van der Waals surface area contributed by atoms with Crippen LogP contribution in [0.4, 0.5) is 5.69 Å². The van der Waals surface area contributed by atoms with Gasteiger partial charge in [-0.25, -0.2) is 9.97 Å². The van der Waals surface area contributed by atoms with E-state index in [0.29, 0.717) is 11.3 Å². The van der Waals surface area contributed by atoms with Crippen LogP contribution in [0.5, 0.6) is 0 Å². The standard InChI is InChI=1S/C15H11ClN4O/c16-14-9-11(5-6-18-14)15(21)19-12-3-1-2-4-13(12)20-8-7-17-10-20/h1-10H,(H,19,21). The van der Waals surface area contributed by atoms with Gasteiger partial charge < -0.3 is 9.88 Å². The molecule has 5 nitrogen and oxygen atoms in total. The van der Waals surface area contributed by atoms with Crippen molar-refractivity contribution in [3.05, 3.63) is 72.0 Å². The minimum atomic E-state index is -0.244. The summed E-state index contributed by atoms with van der Waals surface area (Å²) in [6.45, 7) is 0. The van der Waals surface area contributed by atoms with Gasteiger partial charge in [0.2, 0.25) is 0 Å². The molecular formula is C15H11ClN4O. The van der Waals surface area contributed by atoms with Gasteiger partial charge in [0, 0.05) is 24.2 Å². The summed E-state index contributed by atoms with van der Waals surface area (Å²) in [4.78, 5) is 20.1. The highest BCUT2D eigenvalue weighted by Gasteiger charge is 2.10. The Kier molecular flexibility index (Phi) is 3.66. The van der Waals surface area contributed by atoms with E-state index in [2.05, 4.69) is 15.3 Å². The summed E-state index contributed by atoms with van der Waals surface area (Å²) in [5.74, 6) is -0.244. The van der Waals surface area contributed by atoms with Gasteiger partial charge in [0.1, 0.15) is 5.15 Å². The van der Waals surface area contributed by atoms with Crippen molar-refractivity contribution in [2.45, 2.75) is 0 Å². The topological polar surface area (TPSA) is 59.8 Å². The highest BCUT2D eigenvalue weighted by molar-refractivity contribution is 6.29. The van der Waals surface area contributed by atoms with Gasteiger partial charge in [0.05, 0.1) is 17.7 Å². The number of benzene rings is 1. The van der Waals surface area contributed by atoms with Gasteiger partial charge in [-0.3, -0.25) is 4.79 Å². The number of pyridine rings is 1. The lowest BCUT2D eigenvalue weighted by atomic mass is 10.2. The first-order valence-corrected chi connectivity index (χ1v) is 6.62. The molecule has 0 aliphatic heterocycles. The third-order valence-electron chi connectivity index (χ3n) is 2.92. The van der Waals surface area contributed by atoms with E-state index in [9.17, 15) is 4.79 Å². The molecule has 0 aliphatic rings. The molecule has 0 saturated heterocycles. The monoisotopic (exact) mass is 298 g/mol. The van der Waals surface area contributed by atoms with Crippen molar-refractivity contribution in [3.8, 4) is 5.69 Å². The third kappa shape index (κ3) is 2.93. The van der Waals surface area contributed by atoms with Crippen LogP contribution in [0.15, 0.2) is 61.3 Å². The average molecular weight is 299 g/mol. The van der Waals surface area contributed by atoms with Crippen molar-refractivity contribution in [3.63, 3.8) is 0 Å². The van der Waals surface area contributed by atoms with Crippen molar-refractivity contribution in [1.82, 2.24) is 14.5 Å². The minimum absolute atomic E-state index is 0.244. The predicted molar refractivity (Wildman–Crippen MR) is 80.8 cm³/mol.